The van der Waals surface area contributed by atoms with Gasteiger partial charge in [0.25, 0.3) is 0 Å². The van der Waals surface area contributed by atoms with E-state index < -0.39 is 0 Å². The van der Waals surface area contributed by atoms with Crippen molar-refractivity contribution in [1.29, 1.82) is 0 Å². The van der Waals surface area contributed by atoms with Gasteiger partial charge < -0.3 is 0 Å². The Kier molecular flexibility index (Phi) is 3.58. The molecule has 1 atom stereocenters. The van der Waals surface area contributed by atoms with Gasteiger partial charge in [-0.3, -0.25) is 0 Å². The van der Waals surface area contributed by atoms with Crippen LogP contribution in [0, 0.1) is 12.7 Å². The van der Waals surface area contributed by atoms with Crippen molar-refractivity contribution in [3.05, 3.63) is 71.0 Å². The third-order valence-corrected chi connectivity index (χ3v) is 3.16. The topological polar surface area (TPSA) is 0 Å². The van der Waals surface area contributed by atoms with Gasteiger partial charge in [-0.15, -0.1) is 0 Å². The molecule has 2 rings (SSSR count). The largest absolute Gasteiger partial charge is 0.207 e. The smallest absolute Gasteiger partial charge is 0.123 e. The van der Waals surface area contributed by atoms with Crippen LogP contribution in [0.15, 0.2) is 48.5 Å². The number of rotatable bonds is 3. The summed E-state index contributed by atoms with van der Waals surface area (Å²) in [5.74, 6) is 0.184. The monoisotopic (exact) mass is 228 g/mol. The zero-order chi connectivity index (χ0) is 12.3. The van der Waals surface area contributed by atoms with Crippen LogP contribution >= 0.6 is 0 Å². The van der Waals surface area contributed by atoms with Gasteiger partial charge >= 0.3 is 0 Å². The van der Waals surface area contributed by atoms with E-state index in [4.69, 9.17) is 0 Å². The van der Waals surface area contributed by atoms with E-state index >= 15 is 0 Å². The van der Waals surface area contributed by atoms with Crippen molar-refractivity contribution in [2.75, 3.05) is 0 Å². The molecule has 0 aliphatic carbocycles. The van der Waals surface area contributed by atoms with Crippen LogP contribution in [-0.2, 0) is 0 Å². The maximum absolute atomic E-state index is 12.9. The minimum atomic E-state index is -0.174. The second-order valence-corrected chi connectivity index (χ2v) is 4.42. The van der Waals surface area contributed by atoms with E-state index in [2.05, 4.69) is 38.1 Å². The standard InChI is InChI=1S/C16H17F/c1-3-16(13-6-4-12(2)5-7-13)14-8-10-15(17)11-9-14/h4-11,16H,3H2,1-2H3. The molecule has 0 radical (unpaired) electrons. The Hall–Kier alpha value is -1.63. The van der Waals surface area contributed by atoms with Crippen molar-refractivity contribution in [1.82, 2.24) is 0 Å². The summed E-state index contributed by atoms with van der Waals surface area (Å²) in [6.07, 6.45) is 1.02. The molecule has 17 heavy (non-hydrogen) atoms. The summed E-state index contributed by atoms with van der Waals surface area (Å²) < 4.78 is 12.9. The highest BCUT2D eigenvalue weighted by molar-refractivity contribution is 5.33. The van der Waals surface area contributed by atoms with E-state index in [9.17, 15) is 4.39 Å². The molecule has 0 saturated carbocycles. The molecule has 0 spiro atoms. The Morgan fingerprint density at radius 1 is 0.882 bits per heavy atom. The highest BCUT2D eigenvalue weighted by atomic mass is 19.1. The number of hydrogen-bond donors (Lipinski definition) is 0. The lowest BCUT2D eigenvalue weighted by atomic mass is 9.89. The predicted octanol–water partition coefficient (Wildman–Crippen LogP) is 4.68. The molecule has 0 nitrogen and oxygen atoms in total. The first-order valence-corrected chi connectivity index (χ1v) is 6.02. The lowest BCUT2D eigenvalue weighted by Crippen LogP contribution is -1.99. The first-order valence-electron chi connectivity index (χ1n) is 6.02. The third-order valence-electron chi connectivity index (χ3n) is 3.16. The van der Waals surface area contributed by atoms with Crippen LogP contribution in [-0.4, -0.2) is 0 Å². The van der Waals surface area contributed by atoms with Gasteiger partial charge in [0, 0.05) is 5.92 Å². The quantitative estimate of drug-likeness (QED) is 0.715. The molecule has 0 aromatic heterocycles. The summed E-state index contributed by atoms with van der Waals surface area (Å²) in [5, 5.41) is 0. The highest BCUT2D eigenvalue weighted by Gasteiger charge is 2.11. The summed E-state index contributed by atoms with van der Waals surface area (Å²) >= 11 is 0. The molecule has 2 aromatic rings. The van der Waals surface area contributed by atoms with Crippen LogP contribution in [0.1, 0.15) is 36.0 Å². The minimum absolute atomic E-state index is 0.174. The Balaban J connectivity index is 2.33. The number of benzene rings is 2. The molecule has 2 aromatic carbocycles. The maximum atomic E-state index is 12.9. The molecular formula is C16H17F. The SMILES string of the molecule is CCC(c1ccc(C)cc1)c1ccc(F)cc1. The summed E-state index contributed by atoms with van der Waals surface area (Å²) in [7, 11) is 0. The summed E-state index contributed by atoms with van der Waals surface area (Å²) in [5.41, 5.74) is 3.74. The summed E-state index contributed by atoms with van der Waals surface area (Å²) in [6, 6.07) is 15.4. The van der Waals surface area contributed by atoms with Crippen LogP contribution in [0.5, 0.6) is 0 Å². The molecular weight excluding hydrogens is 211 g/mol. The molecule has 0 aliphatic rings. The molecule has 1 unspecified atom stereocenters. The van der Waals surface area contributed by atoms with Crippen LogP contribution in [0.2, 0.25) is 0 Å². The van der Waals surface area contributed by atoms with Gasteiger partial charge in [0.2, 0.25) is 0 Å². The fraction of sp³-hybridized carbons (Fsp3) is 0.250. The fourth-order valence-corrected chi connectivity index (χ4v) is 2.16. The lowest BCUT2D eigenvalue weighted by Gasteiger charge is -2.16. The predicted molar refractivity (Wildman–Crippen MR) is 69.7 cm³/mol. The second kappa shape index (κ2) is 5.13. The zero-order valence-electron chi connectivity index (χ0n) is 10.3. The van der Waals surface area contributed by atoms with Gasteiger partial charge in [-0.05, 0) is 36.6 Å². The van der Waals surface area contributed by atoms with Crippen molar-refractivity contribution >= 4 is 0 Å². The summed E-state index contributed by atoms with van der Waals surface area (Å²) in [6.45, 7) is 4.25. The van der Waals surface area contributed by atoms with Crippen molar-refractivity contribution < 1.29 is 4.39 Å². The van der Waals surface area contributed by atoms with E-state index in [1.807, 2.05) is 12.1 Å². The molecule has 0 saturated heterocycles. The van der Waals surface area contributed by atoms with Crippen molar-refractivity contribution in [2.24, 2.45) is 0 Å². The van der Waals surface area contributed by atoms with Gasteiger partial charge in [0.05, 0.1) is 0 Å². The van der Waals surface area contributed by atoms with Crippen molar-refractivity contribution in [2.45, 2.75) is 26.2 Å². The van der Waals surface area contributed by atoms with Crippen molar-refractivity contribution in [3.63, 3.8) is 0 Å². The molecule has 0 amide bonds. The summed E-state index contributed by atoms with van der Waals surface area (Å²) in [4.78, 5) is 0. The molecule has 0 bridgehead atoms. The van der Waals surface area contributed by atoms with Crippen LogP contribution < -0.4 is 0 Å². The Morgan fingerprint density at radius 2 is 1.35 bits per heavy atom. The Labute approximate surface area is 102 Å². The normalized spacial score (nSPS) is 12.4. The van der Waals surface area contributed by atoms with E-state index in [-0.39, 0.29) is 5.82 Å². The Bertz CT molecular complexity index is 422. The lowest BCUT2D eigenvalue weighted by molar-refractivity contribution is 0.625. The molecule has 0 N–H and O–H groups in total. The highest BCUT2D eigenvalue weighted by Crippen LogP contribution is 2.27. The Morgan fingerprint density at radius 3 is 1.82 bits per heavy atom. The van der Waals surface area contributed by atoms with E-state index in [1.54, 1.807) is 0 Å². The van der Waals surface area contributed by atoms with Crippen LogP contribution in [0.4, 0.5) is 4.39 Å². The third kappa shape index (κ3) is 2.73. The number of aryl methyl sites for hydroxylation is 1. The van der Waals surface area contributed by atoms with Gasteiger partial charge in [-0.1, -0.05) is 48.9 Å². The van der Waals surface area contributed by atoms with Crippen molar-refractivity contribution in [3.8, 4) is 0 Å². The minimum Gasteiger partial charge on any atom is -0.207 e. The molecule has 1 heteroatoms. The average molecular weight is 228 g/mol. The second-order valence-electron chi connectivity index (χ2n) is 4.42. The first-order chi connectivity index (χ1) is 8.20. The average Bonchev–Trinajstić information content (AvgIpc) is 2.35. The van der Waals surface area contributed by atoms with Gasteiger partial charge in [-0.2, -0.15) is 0 Å². The molecule has 88 valence electrons. The van der Waals surface area contributed by atoms with Gasteiger partial charge in [0.1, 0.15) is 5.82 Å². The van der Waals surface area contributed by atoms with Gasteiger partial charge in [0.15, 0.2) is 0 Å². The molecule has 0 aliphatic heterocycles. The van der Waals surface area contributed by atoms with Gasteiger partial charge in [-0.25, -0.2) is 4.39 Å². The zero-order valence-corrected chi connectivity index (χ0v) is 10.3. The van der Waals surface area contributed by atoms with E-state index in [0.29, 0.717) is 5.92 Å². The number of halogens is 1. The fourth-order valence-electron chi connectivity index (χ4n) is 2.16. The van der Waals surface area contributed by atoms with E-state index in [0.717, 1.165) is 6.42 Å². The van der Waals surface area contributed by atoms with Crippen LogP contribution in [0.3, 0.4) is 0 Å². The number of hydrogen-bond acceptors (Lipinski definition) is 0. The maximum Gasteiger partial charge on any atom is 0.123 e. The first kappa shape index (κ1) is 11.8. The van der Waals surface area contributed by atoms with E-state index in [1.165, 1.54) is 28.8 Å². The molecule has 0 heterocycles. The van der Waals surface area contributed by atoms with Crippen LogP contribution in [0.25, 0.3) is 0 Å². The molecule has 0 fully saturated rings.